The monoisotopic (exact) mass is 460 g/mol. The number of nitro benzene ring substituents is 1. The van der Waals surface area contributed by atoms with Crippen LogP contribution in [0.2, 0.25) is 0 Å². The average Bonchev–Trinajstić information content (AvgIpc) is 3.30. The van der Waals surface area contributed by atoms with Crippen LogP contribution in [-0.4, -0.2) is 32.9 Å². The molecule has 0 aromatic heterocycles. The van der Waals surface area contributed by atoms with Crippen molar-refractivity contribution in [1.29, 1.82) is 0 Å². The molecule has 0 saturated carbocycles. The molecule has 10 nitrogen and oxygen atoms in total. The van der Waals surface area contributed by atoms with Crippen LogP contribution in [0.15, 0.2) is 72.8 Å². The van der Waals surface area contributed by atoms with Crippen molar-refractivity contribution >= 4 is 17.3 Å². The molecule has 172 valence electrons. The minimum absolute atomic E-state index is 0.0731. The van der Waals surface area contributed by atoms with E-state index < -0.39 is 39.3 Å². The number of fused-ring (bicyclic) bond motifs is 2. The molecule has 1 spiro atoms. The predicted molar refractivity (Wildman–Crippen MR) is 122 cm³/mol. The van der Waals surface area contributed by atoms with Gasteiger partial charge < -0.3 is 10.4 Å². The minimum atomic E-state index is -1.48. The van der Waals surface area contributed by atoms with Crippen LogP contribution < -0.4 is 10.6 Å². The van der Waals surface area contributed by atoms with E-state index in [2.05, 4.69) is 10.6 Å². The van der Waals surface area contributed by atoms with Gasteiger partial charge in [-0.05, 0) is 35.7 Å². The van der Waals surface area contributed by atoms with Crippen molar-refractivity contribution in [2.24, 2.45) is 0 Å². The predicted octanol–water partition coefficient (Wildman–Crippen LogP) is 3.09. The molecule has 2 aliphatic heterocycles. The number of nitro groups is 2. The number of aromatic hydroxyl groups is 1. The molecule has 4 unspecified atom stereocenters. The third kappa shape index (κ3) is 3.27. The Morgan fingerprint density at radius 1 is 0.971 bits per heavy atom. The number of hydrogen-bond acceptors (Lipinski definition) is 7. The van der Waals surface area contributed by atoms with E-state index in [-0.39, 0.29) is 17.9 Å². The zero-order valence-electron chi connectivity index (χ0n) is 17.8. The number of anilines is 1. The standard InChI is InChI=1S/C24H20N4O6/c29-17-10-8-14(9-11-17)12-20-22(28(33)34)21(15-4-3-5-16(13-15)27(31)32)24(26-20)18-6-1-2-7-19(18)25-23(24)30/h1-11,13,20-22,26,29H,12H2,(H,25,30). The molecule has 3 aromatic carbocycles. The maximum Gasteiger partial charge on any atom is 0.269 e. The Labute approximate surface area is 193 Å². The lowest BCUT2D eigenvalue weighted by Gasteiger charge is -2.29. The number of phenolic OH excluding ortho intramolecular Hbond substituents is 1. The Morgan fingerprint density at radius 3 is 2.41 bits per heavy atom. The van der Waals surface area contributed by atoms with Crippen molar-refractivity contribution in [2.75, 3.05) is 5.32 Å². The maximum atomic E-state index is 13.5. The van der Waals surface area contributed by atoms with Gasteiger partial charge in [-0.25, -0.2) is 0 Å². The first-order valence-electron chi connectivity index (χ1n) is 10.7. The van der Waals surface area contributed by atoms with E-state index >= 15 is 0 Å². The molecule has 3 aromatic rings. The summed E-state index contributed by atoms with van der Waals surface area (Å²) in [5.41, 5.74) is 0.500. The largest absolute Gasteiger partial charge is 0.508 e. The topological polar surface area (TPSA) is 148 Å². The van der Waals surface area contributed by atoms with Gasteiger partial charge in [-0.15, -0.1) is 0 Å². The van der Waals surface area contributed by atoms with E-state index in [1.807, 2.05) is 0 Å². The molecule has 1 amide bonds. The number of nitrogens with one attached hydrogen (secondary N) is 2. The van der Waals surface area contributed by atoms with Gasteiger partial charge in [0.2, 0.25) is 11.9 Å². The Morgan fingerprint density at radius 2 is 1.71 bits per heavy atom. The summed E-state index contributed by atoms with van der Waals surface area (Å²) in [6.45, 7) is 0. The molecule has 5 rings (SSSR count). The second-order valence-corrected chi connectivity index (χ2v) is 8.53. The molecule has 0 aliphatic carbocycles. The second-order valence-electron chi connectivity index (χ2n) is 8.53. The summed E-state index contributed by atoms with van der Waals surface area (Å²) in [6.07, 6.45) is 0.217. The van der Waals surface area contributed by atoms with Gasteiger partial charge in [0.05, 0.1) is 16.9 Å². The summed E-state index contributed by atoms with van der Waals surface area (Å²) in [4.78, 5) is 36.5. The molecule has 10 heteroatoms. The van der Waals surface area contributed by atoms with Crippen molar-refractivity contribution in [3.8, 4) is 5.75 Å². The minimum Gasteiger partial charge on any atom is -0.508 e. The average molecular weight is 460 g/mol. The number of phenols is 1. The Balaban J connectivity index is 1.69. The Bertz CT molecular complexity index is 1310. The fourth-order valence-corrected chi connectivity index (χ4v) is 5.29. The number of nitrogens with zero attached hydrogens (tertiary/aromatic N) is 2. The number of carbonyl (C=O) groups is 1. The van der Waals surface area contributed by atoms with Crippen LogP contribution >= 0.6 is 0 Å². The van der Waals surface area contributed by atoms with Gasteiger partial charge in [-0.3, -0.25) is 30.3 Å². The zero-order chi connectivity index (χ0) is 24.0. The number of hydrogen-bond donors (Lipinski definition) is 3. The maximum absolute atomic E-state index is 13.5. The number of non-ortho nitro benzene ring substituents is 1. The van der Waals surface area contributed by atoms with Gasteiger partial charge in [0.25, 0.3) is 5.69 Å². The first kappa shape index (κ1) is 21.5. The highest BCUT2D eigenvalue weighted by atomic mass is 16.6. The van der Waals surface area contributed by atoms with E-state index in [0.29, 0.717) is 16.8 Å². The molecular weight excluding hydrogens is 440 g/mol. The van der Waals surface area contributed by atoms with Gasteiger partial charge in [0.15, 0.2) is 0 Å². The van der Waals surface area contributed by atoms with Crippen LogP contribution in [0.1, 0.15) is 22.6 Å². The number of para-hydroxylation sites is 1. The number of carbonyl (C=O) groups excluding carboxylic acids is 1. The fraction of sp³-hybridized carbons (Fsp3) is 0.208. The highest BCUT2D eigenvalue weighted by molar-refractivity contribution is 6.07. The lowest BCUT2D eigenvalue weighted by atomic mass is 9.74. The molecule has 2 heterocycles. The summed E-state index contributed by atoms with van der Waals surface area (Å²) in [6, 6.07) is 17.0. The fourth-order valence-electron chi connectivity index (χ4n) is 5.29. The van der Waals surface area contributed by atoms with Crippen LogP contribution in [0, 0.1) is 20.2 Å². The van der Waals surface area contributed by atoms with Crippen LogP contribution in [0.3, 0.4) is 0 Å². The zero-order valence-corrected chi connectivity index (χ0v) is 17.8. The lowest BCUT2D eigenvalue weighted by molar-refractivity contribution is -0.526. The van der Waals surface area contributed by atoms with E-state index in [1.165, 1.54) is 30.3 Å². The molecule has 0 bridgehead atoms. The molecular formula is C24H20N4O6. The SMILES string of the molecule is O=C1Nc2ccccc2C12NC(Cc1ccc(O)cc1)C([N+](=O)[O-])C2c1cccc([N+](=O)[O-])c1. The molecule has 34 heavy (non-hydrogen) atoms. The molecule has 3 N–H and O–H groups in total. The van der Waals surface area contributed by atoms with Crippen LogP contribution in [0.4, 0.5) is 11.4 Å². The number of benzene rings is 3. The summed E-state index contributed by atoms with van der Waals surface area (Å²) in [7, 11) is 0. The van der Waals surface area contributed by atoms with Crippen molar-refractivity contribution in [3.05, 3.63) is 110 Å². The Hall–Kier alpha value is -4.31. The molecule has 2 aliphatic rings. The molecule has 0 radical (unpaired) electrons. The molecule has 1 saturated heterocycles. The van der Waals surface area contributed by atoms with Gasteiger partial charge in [-0.1, -0.05) is 42.5 Å². The molecule has 4 atom stereocenters. The number of rotatable bonds is 5. The third-order valence-electron chi connectivity index (χ3n) is 6.67. The van der Waals surface area contributed by atoms with Crippen molar-refractivity contribution in [3.63, 3.8) is 0 Å². The van der Waals surface area contributed by atoms with Gasteiger partial charge >= 0.3 is 0 Å². The lowest BCUT2D eigenvalue weighted by Crippen LogP contribution is -2.49. The number of amides is 1. The Kier molecular flexibility index (Phi) is 5.02. The summed E-state index contributed by atoms with van der Waals surface area (Å²) in [5, 5.41) is 39.6. The van der Waals surface area contributed by atoms with Gasteiger partial charge in [0.1, 0.15) is 11.3 Å². The van der Waals surface area contributed by atoms with Crippen LogP contribution in [0.5, 0.6) is 5.75 Å². The summed E-state index contributed by atoms with van der Waals surface area (Å²) >= 11 is 0. The second kappa shape index (κ2) is 7.92. The van der Waals surface area contributed by atoms with Gasteiger partial charge in [-0.2, -0.15) is 0 Å². The first-order valence-corrected chi connectivity index (χ1v) is 10.7. The van der Waals surface area contributed by atoms with Crippen molar-refractivity contribution in [2.45, 2.75) is 30.0 Å². The van der Waals surface area contributed by atoms with E-state index in [0.717, 1.165) is 5.56 Å². The normalized spacial score (nSPS) is 25.2. The van der Waals surface area contributed by atoms with Crippen LogP contribution in [0.25, 0.3) is 0 Å². The third-order valence-corrected chi connectivity index (χ3v) is 6.67. The summed E-state index contributed by atoms with van der Waals surface area (Å²) in [5.74, 6) is -1.37. The van der Waals surface area contributed by atoms with Crippen molar-refractivity contribution < 1.29 is 19.7 Å². The van der Waals surface area contributed by atoms with Crippen molar-refractivity contribution in [1.82, 2.24) is 5.32 Å². The highest BCUT2D eigenvalue weighted by Gasteiger charge is 2.66. The highest BCUT2D eigenvalue weighted by Crippen LogP contribution is 2.52. The smallest absolute Gasteiger partial charge is 0.269 e. The quantitative estimate of drug-likeness (QED) is 0.391. The summed E-state index contributed by atoms with van der Waals surface area (Å²) < 4.78 is 0. The van der Waals surface area contributed by atoms with E-state index in [4.69, 9.17) is 0 Å². The van der Waals surface area contributed by atoms with Gasteiger partial charge in [0, 0.05) is 28.3 Å². The first-order chi connectivity index (χ1) is 16.3. The van der Waals surface area contributed by atoms with E-state index in [1.54, 1.807) is 42.5 Å². The van der Waals surface area contributed by atoms with E-state index in [9.17, 15) is 30.1 Å². The molecule has 1 fully saturated rings. The van der Waals surface area contributed by atoms with Crippen LogP contribution in [-0.2, 0) is 16.8 Å².